The van der Waals surface area contributed by atoms with Crippen molar-refractivity contribution in [3.05, 3.63) is 123 Å². The van der Waals surface area contributed by atoms with Crippen LogP contribution in [-0.2, 0) is 28.3 Å². The number of hydrogen-bond acceptors (Lipinski definition) is 4. The van der Waals surface area contributed by atoms with E-state index in [1.165, 1.54) is 54.6 Å². The number of carbonyl (C=O) groups excluding carboxylic acids is 1. The van der Waals surface area contributed by atoms with Crippen molar-refractivity contribution in [2.75, 3.05) is 7.11 Å². The van der Waals surface area contributed by atoms with Gasteiger partial charge in [-0.2, -0.15) is 26.3 Å². The van der Waals surface area contributed by atoms with Gasteiger partial charge in [-0.3, -0.25) is 9.36 Å². The van der Waals surface area contributed by atoms with Crippen molar-refractivity contribution in [2.24, 2.45) is 0 Å². The molecule has 0 aliphatic heterocycles. The lowest BCUT2D eigenvalue weighted by Gasteiger charge is -2.23. The summed E-state index contributed by atoms with van der Waals surface area (Å²) in [5.74, 6) is -3.38. The summed E-state index contributed by atoms with van der Waals surface area (Å²) in [6.07, 6.45) is -10.1. The molecule has 0 unspecified atom stereocenters. The van der Waals surface area contributed by atoms with Gasteiger partial charge in [0.05, 0.1) is 28.6 Å². The van der Waals surface area contributed by atoms with E-state index < -0.39 is 53.5 Å². The number of carbonyl (C=O) groups is 1. The first-order valence-electron chi connectivity index (χ1n) is 13.1. The fraction of sp³-hybridized carbons (Fsp3) is 0.156. The molecule has 0 amide bonds. The second-order valence-electron chi connectivity index (χ2n) is 9.98. The standard InChI is InChI=1S/C32H20ClF7N2O3/c1-45-29(44)27(14-17-2-4-18(5-3-17)21-8-12-25(34)24(33)16-21)42-28(43)23-15-20(9-13-26(23)41-30(42)32(38,39)40)19-6-10-22(11-7-19)31(35,36)37/h2-13,15-16,27H,14H2,1H3/t27-/m1/s1. The molecule has 232 valence electrons. The Bertz CT molecular complexity index is 1950. The first-order valence-corrected chi connectivity index (χ1v) is 13.5. The molecule has 5 rings (SSSR count). The maximum absolute atomic E-state index is 14.3. The van der Waals surface area contributed by atoms with E-state index in [1.54, 1.807) is 12.1 Å². The minimum atomic E-state index is -5.16. The molecule has 13 heteroatoms. The average Bonchev–Trinajstić information content (AvgIpc) is 3.00. The lowest BCUT2D eigenvalue weighted by molar-refractivity contribution is -0.153. The monoisotopic (exact) mass is 648 g/mol. The topological polar surface area (TPSA) is 61.2 Å². The van der Waals surface area contributed by atoms with Gasteiger partial charge in [0, 0.05) is 6.42 Å². The third-order valence-electron chi connectivity index (χ3n) is 7.12. The SMILES string of the molecule is COC(=O)[C@@H](Cc1ccc(-c2ccc(F)c(Cl)c2)cc1)n1c(C(F)(F)F)nc2ccc(-c3ccc(C(F)(F)F)cc3)cc2c1=O. The van der Waals surface area contributed by atoms with Crippen LogP contribution in [0.5, 0.6) is 0 Å². The Hall–Kier alpha value is -4.71. The minimum Gasteiger partial charge on any atom is -0.467 e. The van der Waals surface area contributed by atoms with Gasteiger partial charge in [-0.25, -0.2) is 14.2 Å². The maximum atomic E-state index is 14.3. The Morgan fingerprint density at radius 3 is 1.93 bits per heavy atom. The number of methoxy groups -OCH3 is 1. The molecule has 0 aliphatic rings. The van der Waals surface area contributed by atoms with Crippen LogP contribution in [0, 0.1) is 5.82 Å². The highest BCUT2D eigenvalue weighted by molar-refractivity contribution is 6.31. The molecule has 45 heavy (non-hydrogen) atoms. The molecule has 0 saturated heterocycles. The maximum Gasteiger partial charge on any atom is 0.449 e. The summed E-state index contributed by atoms with van der Waals surface area (Å²) >= 11 is 5.86. The number of aromatic nitrogens is 2. The molecular formula is C32H20ClF7N2O3. The highest BCUT2D eigenvalue weighted by Crippen LogP contribution is 2.34. The highest BCUT2D eigenvalue weighted by Gasteiger charge is 2.41. The number of ether oxygens (including phenoxy) is 1. The summed E-state index contributed by atoms with van der Waals surface area (Å²) in [4.78, 5) is 30.3. The van der Waals surface area contributed by atoms with Crippen LogP contribution in [-0.4, -0.2) is 22.6 Å². The molecule has 0 radical (unpaired) electrons. The molecule has 1 atom stereocenters. The normalized spacial score (nSPS) is 12.7. The molecule has 1 heterocycles. The smallest absolute Gasteiger partial charge is 0.449 e. The molecular weight excluding hydrogens is 629 g/mol. The van der Waals surface area contributed by atoms with Crippen LogP contribution >= 0.6 is 11.6 Å². The van der Waals surface area contributed by atoms with Gasteiger partial charge in [0.1, 0.15) is 11.9 Å². The van der Waals surface area contributed by atoms with Crippen LogP contribution in [0.1, 0.15) is 23.0 Å². The number of esters is 1. The van der Waals surface area contributed by atoms with Crippen LogP contribution in [0.3, 0.4) is 0 Å². The number of hydrogen-bond donors (Lipinski definition) is 0. The van der Waals surface area contributed by atoms with Gasteiger partial charge in [-0.1, -0.05) is 60.1 Å². The largest absolute Gasteiger partial charge is 0.467 e. The van der Waals surface area contributed by atoms with E-state index in [0.29, 0.717) is 16.7 Å². The van der Waals surface area contributed by atoms with Gasteiger partial charge in [-0.15, -0.1) is 0 Å². The van der Waals surface area contributed by atoms with E-state index in [9.17, 15) is 40.3 Å². The number of halogens is 8. The van der Waals surface area contributed by atoms with Crippen molar-refractivity contribution in [1.82, 2.24) is 9.55 Å². The highest BCUT2D eigenvalue weighted by atomic mass is 35.5. The Morgan fingerprint density at radius 2 is 1.38 bits per heavy atom. The van der Waals surface area contributed by atoms with Gasteiger partial charge >= 0.3 is 18.3 Å². The number of rotatable bonds is 6. The number of benzene rings is 4. The summed E-state index contributed by atoms with van der Waals surface area (Å²) in [7, 11) is 0.964. The summed E-state index contributed by atoms with van der Waals surface area (Å²) in [5, 5.41) is -0.399. The zero-order valence-electron chi connectivity index (χ0n) is 23.0. The van der Waals surface area contributed by atoms with Gasteiger partial charge in [0.15, 0.2) is 0 Å². The fourth-order valence-electron chi connectivity index (χ4n) is 4.87. The Morgan fingerprint density at radius 1 is 0.822 bits per heavy atom. The quantitative estimate of drug-likeness (QED) is 0.137. The zero-order chi connectivity index (χ0) is 32.7. The second kappa shape index (κ2) is 12.0. The van der Waals surface area contributed by atoms with Crippen LogP contribution < -0.4 is 5.56 Å². The van der Waals surface area contributed by atoms with E-state index in [2.05, 4.69) is 4.98 Å². The lowest BCUT2D eigenvalue weighted by atomic mass is 10.00. The second-order valence-corrected chi connectivity index (χ2v) is 10.4. The summed E-state index contributed by atoms with van der Waals surface area (Å²) in [6.45, 7) is 0. The number of nitrogens with zero attached hydrogens (tertiary/aromatic N) is 2. The van der Waals surface area contributed by atoms with Crippen molar-refractivity contribution >= 4 is 28.5 Å². The Labute approximate surface area is 255 Å². The Kier molecular flexibility index (Phi) is 8.45. The van der Waals surface area contributed by atoms with Crippen LogP contribution in [0.2, 0.25) is 5.02 Å². The van der Waals surface area contributed by atoms with Crippen molar-refractivity contribution in [3.8, 4) is 22.3 Å². The molecule has 1 aromatic heterocycles. The number of fused-ring (bicyclic) bond motifs is 1. The van der Waals surface area contributed by atoms with Crippen molar-refractivity contribution in [1.29, 1.82) is 0 Å². The molecule has 0 aliphatic carbocycles. The van der Waals surface area contributed by atoms with Gasteiger partial charge in [-0.05, 0) is 64.2 Å². The number of alkyl halides is 6. The molecule has 0 saturated carbocycles. The first-order chi connectivity index (χ1) is 21.2. The van der Waals surface area contributed by atoms with Crippen LogP contribution in [0.4, 0.5) is 30.7 Å². The van der Waals surface area contributed by atoms with Gasteiger partial charge < -0.3 is 4.74 Å². The molecule has 0 bridgehead atoms. The van der Waals surface area contributed by atoms with Gasteiger partial charge in [0.2, 0.25) is 5.82 Å². The molecule has 0 spiro atoms. The fourth-order valence-corrected chi connectivity index (χ4v) is 5.05. The Balaban J connectivity index is 1.59. The molecule has 0 fully saturated rings. The van der Waals surface area contributed by atoms with Crippen molar-refractivity contribution in [3.63, 3.8) is 0 Å². The van der Waals surface area contributed by atoms with Crippen LogP contribution in [0.15, 0.2) is 89.7 Å². The van der Waals surface area contributed by atoms with Crippen molar-refractivity contribution < 1.29 is 40.3 Å². The van der Waals surface area contributed by atoms with Gasteiger partial charge in [0.25, 0.3) is 5.56 Å². The van der Waals surface area contributed by atoms with E-state index in [-0.39, 0.29) is 31.6 Å². The van der Waals surface area contributed by atoms with E-state index >= 15 is 0 Å². The third-order valence-corrected chi connectivity index (χ3v) is 7.41. The third kappa shape index (κ3) is 6.56. The summed E-state index contributed by atoms with van der Waals surface area (Å²) in [6, 6.07) is 16.2. The van der Waals surface area contributed by atoms with Crippen LogP contribution in [0.25, 0.3) is 33.2 Å². The lowest BCUT2D eigenvalue weighted by Crippen LogP contribution is -2.38. The molecule has 5 aromatic rings. The van der Waals surface area contributed by atoms with E-state index in [0.717, 1.165) is 25.3 Å². The first kappa shape index (κ1) is 31.7. The minimum absolute atomic E-state index is 0.105. The van der Waals surface area contributed by atoms with E-state index in [4.69, 9.17) is 16.3 Å². The average molecular weight is 649 g/mol. The molecule has 0 N–H and O–H groups in total. The van der Waals surface area contributed by atoms with E-state index in [1.807, 2.05) is 0 Å². The zero-order valence-corrected chi connectivity index (χ0v) is 23.8. The summed E-state index contributed by atoms with van der Waals surface area (Å²) in [5.41, 5.74) is -0.390. The molecule has 5 nitrogen and oxygen atoms in total. The van der Waals surface area contributed by atoms with Crippen molar-refractivity contribution in [2.45, 2.75) is 24.8 Å². The predicted molar refractivity (Wildman–Crippen MR) is 153 cm³/mol. The molecule has 4 aromatic carbocycles. The predicted octanol–water partition coefficient (Wildman–Crippen LogP) is 8.52. The summed E-state index contributed by atoms with van der Waals surface area (Å²) < 4.78 is 101.